The molecular weight excluding hydrogens is 342 g/mol. The van der Waals surface area contributed by atoms with Crippen molar-refractivity contribution in [1.29, 1.82) is 0 Å². The molecule has 0 bridgehead atoms. The van der Waals surface area contributed by atoms with Gasteiger partial charge in [-0.25, -0.2) is 0 Å². The summed E-state index contributed by atoms with van der Waals surface area (Å²) in [7, 11) is 0. The maximum absolute atomic E-state index is 12.2. The molecular formula is C17H13N3O6. The van der Waals surface area contributed by atoms with Crippen molar-refractivity contribution in [3.63, 3.8) is 0 Å². The van der Waals surface area contributed by atoms with Crippen LogP contribution in [0, 0.1) is 17.0 Å². The van der Waals surface area contributed by atoms with Gasteiger partial charge in [-0.05, 0) is 42.8 Å². The largest absolute Gasteiger partial charge is 0.459 e. The summed E-state index contributed by atoms with van der Waals surface area (Å²) in [5.74, 6) is -1.64. The Bertz CT molecular complexity index is 974. The second-order valence-corrected chi connectivity index (χ2v) is 5.31. The average Bonchev–Trinajstić information content (AvgIpc) is 3.29. The van der Waals surface area contributed by atoms with E-state index in [9.17, 15) is 19.7 Å². The van der Waals surface area contributed by atoms with Crippen LogP contribution in [0.1, 0.15) is 26.7 Å². The summed E-state index contributed by atoms with van der Waals surface area (Å²) in [6.07, 6.45) is 1.39. The molecule has 0 saturated heterocycles. The SMILES string of the molecule is Cc1ccc(NC(=O)c2ccco2)cc1NC(=O)c1ccc([N+](=O)[O-])o1. The Hall–Kier alpha value is -3.88. The minimum atomic E-state index is -0.729. The number of nitrogens with one attached hydrogen (secondary N) is 2. The first kappa shape index (κ1) is 17.0. The molecule has 2 amide bonds. The summed E-state index contributed by atoms with van der Waals surface area (Å²) in [6, 6.07) is 10.4. The van der Waals surface area contributed by atoms with Crippen LogP contribution in [-0.2, 0) is 0 Å². The van der Waals surface area contributed by atoms with E-state index < -0.39 is 22.6 Å². The molecule has 9 heteroatoms. The lowest BCUT2D eigenvalue weighted by atomic mass is 10.1. The van der Waals surface area contributed by atoms with Crippen molar-refractivity contribution < 1.29 is 23.3 Å². The van der Waals surface area contributed by atoms with Crippen molar-refractivity contribution in [3.8, 4) is 0 Å². The zero-order valence-corrected chi connectivity index (χ0v) is 13.5. The monoisotopic (exact) mass is 355 g/mol. The van der Waals surface area contributed by atoms with E-state index in [1.807, 2.05) is 0 Å². The van der Waals surface area contributed by atoms with Crippen LogP contribution in [-0.4, -0.2) is 16.7 Å². The summed E-state index contributed by atoms with van der Waals surface area (Å²) in [4.78, 5) is 34.1. The van der Waals surface area contributed by atoms with Gasteiger partial charge in [0.1, 0.15) is 4.92 Å². The summed E-state index contributed by atoms with van der Waals surface area (Å²) in [5, 5.41) is 15.9. The third kappa shape index (κ3) is 3.61. The van der Waals surface area contributed by atoms with E-state index in [0.717, 1.165) is 11.6 Å². The Labute approximate surface area is 146 Å². The van der Waals surface area contributed by atoms with Gasteiger partial charge in [-0.2, -0.15) is 0 Å². The first-order valence-electron chi connectivity index (χ1n) is 7.45. The highest BCUT2D eigenvalue weighted by Crippen LogP contribution is 2.23. The highest BCUT2D eigenvalue weighted by Gasteiger charge is 2.18. The van der Waals surface area contributed by atoms with E-state index in [-0.39, 0.29) is 11.5 Å². The van der Waals surface area contributed by atoms with E-state index in [0.29, 0.717) is 11.4 Å². The van der Waals surface area contributed by atoms with Gasteiger partial charge in [0.25, 0.3) is 11.8 Å². The molecule has 2 N–H and O–H groups in total. The second-order valence-electron chi connectivity index (χ2n) is 5.31. The minimum absolute atomic E-state index is 0.152. The molecule has 1 aromatic carbocycles. The fourth-order valence-corrected chi connectivity index (χ4v) is 2.17. The Morgan fingerprint density at radius 1 is 1.04 bits per heavy atom. The molecule has 26 heavy (non-hydrogen) atoms. The van der Waals surface area contributed by atoms with Gasteiger partial charge in [-0.1, -0.05) is 6.07 Å². The number of anilines is 2. The second kappa shape index (κ2) is 6.93. The fraction of sp³-hybridized carbons (Fsp3) is 0.0588. The number of nitro groups is 1. The summed E-state index contributed by atoms with van der Waals surface area (Å²) >= 11 is 0. The van der Waals surface area contributed by atoms with Crippen LogP contribution in [0.15, 0.2) is 57.6 Å². The number of aryl methyl sites for hydroxylation is 1. The van der Waals surface area contributed by atoms with Crippen molar-refractivity contribution in [3.05, 3.63) is 75.9 Å². The maximum Gasteiger partial charge on any atom is 0.433 e. The molecule has 0 fully saturated rings. The molecule has 2 aromatic heterocycles. The summed E-state index contributed by atoms with van der Waals surface area (Å²) in [5.41, 5.74) is 1.60. The van der Waals surface area contributed by atoms with E-state index in [4.69, 9.17) is 8.83 Å². The van der Waals surface area contributed by atoms with Crippen LogP contribution >= 0.6 is 0 Å². The molecule has 0 saturated carbocycles. The van der Waals surface area contributed by atoms with Crippen molar-refractivity contribution in [2.45, 2.75) is 6.92 Å². The molecule has 0 unspecified atom stereocenters. The van der Waals surface area contributed by atoms with Gasteiger partial charge in [0.2, 0.25) is 0 Å². The number of hydrogen-bond donors (Lipinski definition) is 2. The van der Waals surface area contributed by atoms with Gasteiger partial charge < -0.3 is 19.5 Å². The zero-order valence-electron chi connectivity index (χ0n) is 13.5. The first-order chi connectivity index (χ1) is 12.4. The van der Waals surface area contributed by atoms with Gasteiger partial charge in [-0.15, -0.1) is 0 Å². The fourth-order valence-electron chi connectivity index (χ4n) is 2.17. The van der Waals surface area contributed by atoms with Crippen LogP contribution in [0.2, 0.25) is 0 Å². The van der Waals surface area contributed by atoms with E-state index in [1.54, 1.807) is 31.2 Å². The summed E-state index contributed by atoms with van der Waals surface area (Å²) < 4.78 is 9.89. The molecule has 3 rings (SSSR count). The Morgan fingerprint density at radius 3 is 2.46 bits per heavy atom. The minimum Gasteiger partial charge on any atom is -0.459 e. The Morgan fingerprint density at radius 2 is 1.81 bits per heavy atom. The Balaban J connectivity index is 1.75. The smallest absolute Gasteiger partial charge is 0.433 e. The number of hydrogen-bond acceptors (Lipinski definition) is 6. The van der Waals surface area contributed by atoms with Crippen LogP contribution in [0.4, 0.5) is 17.3 Å². The van der Waals surface area contributed by atoms with Crippen molar-refractivity contribution in [1.82, 2.24) is 0 Å². The van der Waals surface area contributed by atoms with Crippen LogP contribution < -0.4 is 10.6 Å². The Kier molecular flexibility index (Phi) is 4.52. The molecule has 0 radical (unpaired) electrons. The predicted octanol–water partition coefficient (Wildman–Crippen LogP) is 3.59. The highest BCUT2D eigenvalue weighted by molar-refractivity contribution is 6.05. The predicted molar refractivity (Wildman–Crippen MR) is 91.2 cm³/mol. The third-order valence-electron chi connectivity index (χ3n) is 3.48. The number of amides is 2. The normalized spacial score (nSPS) is 10.3. The van der Waals surface area contributed by atoms with E-state index in [2.05, 4.69) is 10.6 Å². The lowest BCUT2D eigenvalue weighted by Gasteiger charge is -2.10. The van der Waals surface area contributed by atoms with Gasteiger partial charge in [0.15, 0.2) is 11.5 Å². The molecule has 3 aromatic rings. The number of rotatable bonds is 5. The summed E-state index contributed by atoms with van der Waals surface area (Å²) in [6.45, 7) is 1.76. The third-order valence-corrected chi connectivity index (χ3v) is 3.48. The molecule has 0 atom stereocenters. The molecule has 0 aliphatic rings. The van der Waals surface area contributed by atoms with Gasteiger partial charge in [0, 0.05) is 11.4 Å². The lowest BCUT2D eigenvalue weighted by molar-refractivity contribution is -0.402. The van der Waals surface area contributed by atoms with Crippen molar-refractivity contribution in [2.75, 3.05) is 10.6 Å². The topological polar surface area (TPSA) is 128 Å². The number of benzene rings is 1. The first-order valence-corrected chi connectivity index (χ1v) is 7.45. The van der Waals surface area contributed by atoms with Gasteiger partial charge in [-0.3, -0.25) is 19.7 Å². The molecule has 132 valence electrons. The quantitative estimate of drug-likeness (QED) is 0.532. The number of nitrogens with zero attached hydrogens (tertiary/aromatic N) is 1. The maximum atomic E-state index is 12.2. The molecule has 9 nitrogen and oxygen atoms in total. The number of carbonyl (C=O) groups is 2. The number of carbonyl (C=O) groups excluding carboxylic acids is 2. The van der Waals surface area contributed by atoms with Gasteiger partial charge in [0.05, 0.1) is 12.3 Å². The van der Waals surface area contributed by atoms with E-state index in [1.165, 1.54) is 18.4 Å². The van der Waals surface area contributed by atoms with Crippen molar-refractivity contribution >= 4 is 29.1 Å². The molecule has 0 aliphatic carbocycles. The van der Waals surface area contributed by atoms with Crippen LogP contribution in [0.5, 0.6) is 0 Å². The molecule has 0 aliphatic heterocycles. The molecule has 0 spiro atoms. The lowest BCUT2D eigenvalue weighted by Crippen LogP contribution is -2.14. The number of furan rings is 2. The van der Waals surface area contributed by atoms with Crippen LogP contribution in [0.25, 0.3) is 0 Å². The van der Waals surface area contributed by atoms with Crippen LogP contribution in [0.3, 0.4) is 0 Å². The van der Waals surface area contributed by atoms with Crippen molar-refractivity contribution in [2.24, 2.45) is 0 Å². The van der Waals surface area contributed by atoms with Gasteiger partial charge >= 0.3 is 5.88 Å². The zero-order chi connectivity index (χ0) is 18.7. The average molecular weight is 355 g/mol. The standard InChI is InChI=1S/C17H13N3O6/c1-10-4-5-11(18-16(21)13-3-2-8-25-13)9-12(10)19-17(22)14-6-7-15(26-14)20(23)24/h2-9H,1H3,(H,18,21)(H,19,22). The van der Waals surface area contributed by atoms with E-state index >= 15 is 0 Å². The molecule has 2 heterocycles. The highest BCUT2D eigenvalue weighted by atomic mass is 16.6.